The van der Waals surface area contributed by atoms with Gasteiger partial charge in [-0.25, -0.2) is 9.18 Å². The number of amides is 3. The van der Waals surface area contributed by atoms with Gasteiger partial charge in [0, 0.05) is 6.54 Å². The first kappa shape index (κ1) is 16.6. The number of halogens is 1. The highest BCUT2D eigenvalue weighted by Crippen LogP contribution is 2.13. The van der Waals surface area contributed by atoms with Gasteiger partial charge in [0.15, 0.2) is 0 Å². The van der Waals surface area contributed by atoms with E-state index in [-0.39, 0.29) is 5.82 Å². The Labute approximate surface area is 133 Å². The molecule has 23 heavy (non-hydrogen) atoms. The SMILES string of the molecule is NC(=O)NC(=O)[C@H](NCCc1ccc(F)cc1)c1ccccc1. The number of benzene rings is 2. The molecule has 5 nitrogen and oxygen atoms in total. The van der Waals surface area contributed by atoms with Gasteiger partial charge in [0.25, 0.3) is 0 Å². The largest absolute Gasteiger partial charge is 0.351 e. The Morgan fingerprint density at radius 1 is 1.04 bits per heavy atom. The number of carbonyl (C=O) groups is 2. The zero-order chi connectivity index (χ0) is 16.7. The number of hydrogen-bond donors (Lipinski definition) is 3. The molecule has 0 aliphatic rings. The predicted molar refractivity (Wildman–Crippen MR) is 85.0 cm³/mol. The van der Waals surface area contributed by atoms with Crippen molar-refractivity contribution < 1.29 is 14.0 Å². The Balaban J connectivity index is 2.01. The van der Waals surface area contributed by atoms with Crippen molar-refractivity contribution in [2.75, 3.05) is 6.54 Å². The number of carbonyl (C=O) groups excluding carboxylic acids is 2. The maximum Gasteiger partial charge on any atom is 0.318 e. The lowest BCUT2D eigenvalue weighted by atomic mass is 10.1. The molecule has 0 aliphatic carbocycles. The zero-order valence-corrected chi connectivity index (χ0v) is 12.5. The van der Waals surface area contributed by atoms with Gasteiger partial charge in [-0.2, -0.15) is 0 Å². The molecule has 1 atom stereocenters. The summed E-state index contributed by atoms with van der Waals surface area (Å²) in [6.45, 7) is 0.484. The molecule has 120 valence electrons. The van der Waals surface area contributed by atoms with E-state index >= 15 is 0 Å². The van der Waals surface area contributed by atoms with E-state index in [0.717, 1.165) is 11.1 Å². The number of nitrogens with two attached hydrogens (primary N) is 1. The summed E-state index contributed by atoms with van der Waals surface area (Å²) in [4.78, 5) is 23.0. The second-order valence-electron chi connectivity index (χ2n) is 5.03. The van der Waals surface area contributed by atoms with Crippen molar-refractivity contribution in [3.63, 3.8) is 0 Å². The fourth-order valence-corrected chi connectivity index (χ4v) is 2.21. The molecule has 0 aromatic heterocycles. The summed E-state index contributed by atoms with van der Waals surface area (Å²) in [6.07, 6.45) is 0.619. The first-order valence-corrected chi connectivity index (χ1v) is 7.19. The Bertz CT molecular complexity index is 659. The third-order valence-corrected chi connectivity index (χ3v) is 3.32. The molecule has 0 saturated heterocycles. The molecule has 0 saturated carbocycles. The highest BCUT2D eigenvalue weighted by atomic mass is 19.1. The lowest BCUT2D eigenvalue weighted by Crippen LogP contribution is -2.43. The van der Waals surface area contributed by atoms with E-state index in [1.165, 1.54) is 12.1 Å². The number of nitrogens with one attached hydrogen (secondary N) is 2. The Morgan fingerprint density at radius 3 is 2.30 bits per heavy atom. The number of imide groups is 1. The van der Waals surface area contributed by atoms with Gasteiger partial charge in [-0.3, -0.25) is 10.1 Å². The quantitative estimate of drug-likeness (QED) is 0.761. The molecule has 0 heterocycles. The topological polar surface area (TPSA) is 84.2 Å². The molecule has 4 N–H and O–H groups in total. The summed E-state index contributed by atoms with van der Waals surface area (Å²) in [6, 6.07) is 13.6. The molecule has 0 aliphatic heterocycles. The molecular weight excluding hydrogens is 297 g/mol. The van der Waals surface area contributed by atoms with Gasteiger partial charge >= 0.3 is 6.03 Å². The van der Waals surface area contributed by atoms with Crippen LogP contribution in [-0.2, 0) is 11.2 Å². The summed E-state index contributed by atoms with van der Waals surface area (Å²) in [5.74, 6) is -0.799. The molecule has 0 fully saturated rings. The summed E-state index contributed by atoms with van der Waals surface area (Å²) < 4.78 is 12.9. The van der Waals surface area contributed by atoms with Crippen molar-refractivity contribution >= 4 is 11.9 Å². The van der Waals surface area contributed by atoms with Crippen molar-refractivity contribution in [1.29, 1.82) is 0 Å². The number of primary amides is 1. The van der Waals surface area contributed by atoms with Crippen LogP contribution in [0.25, 0.3) is 0 Å². The van der Waals surface area contributed by atoms with Crippen molar-refractivity contribution in [1.82, 2.24) is 10.6 Å². The highest BCUT2D eigenvalue weighted by molar-refractivity contribution is 5.96. The van der Waals surface area contributed by atoms with Gasteiger partial charge in [0.2, 0.25) is 5.91 Å². The molecule has 2 rings (SSSR count). The molecule has 0 unspecified atom stereocenters. The van der Waals surface area contributed by atoms with Crippen LogP contribution in [0.1, 0.15) is 17.2 Å². The minimum atomic E-state index is -0.892. The van der Waals surface area contributed by atoms with E-state index in [2.05, 4.69) is 10.6 Å². The lowest BCUT2D eigenvalue weighted by Gasteiger charge is -2.18. The molecule has 2 aromatic rings. The van der Waals surface area contributed by atoms with Crippen LogP contribution in [0.5, 0.6) is 0 Å². The molecular formula is C17H18FN3O2. The standard InChI is InChI=1S/C17H18FN3O2/c18-14-8-6-12(7-9-14)10-11-20-15(16(22)21-17(19)23)13-4-2-1-3-5-13/h1-9,15,20H,10-11H2,(H3,19,21,22,23)/t15-/m1/s1. The molecule has 2 aromatic carbocycles. The second kappa shape index (κ2) is 8.05. The first-order valence-electron chi connectivity index (χ1n) is 7.19. The fraction of sp³-hybridized carbons (Fsp3) is 0.176. The Kier molecular flexibility index (Phi) is 5.82. The normalized spacial score (nSPS) is 11.7. The third kappa shape index (κ3) is 5.19. The van der Waals surface area contributed by atoms with E-state index in [0.29, 0.717) is 13.0 Å². The zero-order valence-electron chi connectivity index (χ0n) is 12.5. The minimum absolute atomic E-state index is 0.287. The van der Waals surface area contributed by atoms with Gasteiger partial charge in [0.1, 0.15) is 11.9 Å². The molecule has 0 spiro atoms. The van der Waals surface area contributed by atoms with Crippen LogP contribution in [0.2, 0.25) is 0 Å². The third-order valence-electron chi connectivity index (χ3n) is 3.32. The van der Waals surface area contributed by atoms with E-state index in [4.69, 9.17) is 5.73 Å². The van der Waals surface area contributed by atoms with Crippen LogP contribution in [0.3, 0.4) is 0 Å². The van der Waals surface area contributed by atoms with E-state index in [1.807, 2.05) is 18.2 Å². The smallest absolute Gasteiger partial charge is 0.318 e. The minimum Gasteiger partial charge on any atom is -0.351 e. The average molecular weight is 315 g/mol. The van der Waals surface area contributed by atoms with Crippen molar-refractivity contribution in [2.45, 2.75) is 12.5 Å². The lowest BCUT2D eigenvalue weighted by molar-refractivity contribution is -0.122. The van der Waals surface area contributed by atoms with Crippen LogP contribution in [0, 0.1) is 5.82 Å². The monoisotopic (exact) mass is 315 g/mol. The second-order valence-corrected chi connectivity index (χ2v) is 5.03. The number of hydrogen-bond acceptors (Lipinski definition) is 3. The van der Waals surface area contributed by atoms with E-state index < -0.39 is 18.0 Å². The van der Waals surface area contributed by atoms with Gasteiger partial charge < -0.3 is 11.1 Å². The van der Waals surface area contributed by atoms with Gasteiger partial charge in [0.05, 0.1) is 0 Å². The van der Waals surface area contributed by atoms with Crippen LogP contribution in [0.4, 0.5) is 9.18 Å². The van der Waals surface area contributed by atoms with Crippen LogP contribution in [0.15, 0.2) is 54.6 Å². The summed E-state index contributed by atoms with van der Waals surface area (Å²) >= 11 is 0. The first-order chi connectivity index (χ1) is 11.1. The Morgan fingerprint density at radius 2 is 1.70 bits per heavy atom. The molecule has 0 radical (unpaired) electrons. The predicted octanol–water partition coefficient (Wildman–Crippen LogP) is 1.89. The molecule has 3 amide bonds. The van der Waals surface area contributed by atoms with Gasteiger partial charge in [-0.1, -0.05) is 42.5 Å². The van der Waals surface area contributed by atoms with Crippen LogP contribution in [-0.4, -0.2) is 18.5 Å². The van der Waals surface area contributed by atoms with Crippen molar-refractivity contribution in [3.8, 4) is 0 Å². The van der Waals surface area contributed by atoms with Gasteiger partial charge in [-0.05, 0) is 29.7 Å². The van der Waals surface area contributed by atoms with Crippen molar-refractivity contribution in [3.05, 3.63) is 71.5 Å². The maximum atomic E-state index is 12.9. The van der Waals surface area contributed by atoms with E-state index in [1.54, 1.807) is 24.3 Å². The summed E-state index contributed by atoms with van der Waals surface area (Å²) in [7, 11) is 0. The van der Waals surface area contributed by atoms with Crippen LogP contribution >= 0.6 is 0 Å². The fourth-order valence-electron chi connectivity index (χ4n) is 2.21. The number of urea groups is 1. The van der Waals surface area contributed by atoms with Gasteiger partial charge in [-0.15, -0.1) is 0 Å². The summed E-state index contributed by atoms with van der Waals surface area (Å²) in [5, 5.41) is 5.18. The van der Waals surface area contributed by atoms with E-state index in [9.17, 15) is 14.0 Å². The highest BCUT2D eigenvalue weighted by Gasteiger charge is 2.20. The number of rotatable bonds is 6. The molecule has 0 bridgehead atoms. The Hall–Kier alpha value is -2.73. The average Bonchev–Trinajstić information content (AvgIpc) is 2.53. The van der Waals surface area contributed by atoms with Crippen molar-refractivity contribution in [2.24, 2.45) is 5.73 Å². The van der Waals surface area contributed by atoms with Crippen LogP contribution < -0.4 is 16.4 Å². The summed E-state index contributed by atoms with van der Waals surface area (Å²) in [5.41, 5.74) is 6.68. The molecule has 6 heteroatoms. The maximum absolute atomic E-state index is 12.9.